The van der Waals surface area contributed by atoms with E-state index < -0.39 is 18.2 Å². The maximum absolute atomic E-state index is 13.2. The van der Waals surface area contributed by atoms with Crippen molar-refractivity contribution in [3.63, 3.8) is 0 Å². The molecule has 0 aliphatic heterocycles. The van der Waals surface area contributed by atoms with E-state index in [0.29, 0.717) is 19.3 Å². The van der Waals surface area contributed by atoms with E-state index in [0.717, 1.165) is 70.6 Å². The van der Waals surface area contributed by atoms with Crippen LogP contribution in [0, 0.1) is 0 Å². The van der Waals surface area contributed by atoms with Crippen molar-refractivity contribution >= 4 is 11.9 Å². The minimum absolute atomic E-state index is 0.0579. The van der Waals surface area contributed by atoms with E-state index in [1.54, 1.807) is 0 Å². The van der Waals surface area contributed by atoms with Crippen LogP contribution in [0.2, 0.25) is 0 Å². The first-order valence-corrected chi connectivity index (χ1v) is 24.7. The van der Waals surface area contributed by atoms with Crippen LogP contribution in [0.4, 0.5) is 0 Å². The van der Waals surface area contributed by atoms with Crippen molar-refractivity contribution in [2.75, 3.05) is 6.61 Å². The summed E-state index contributed by atoms with van der Waals surface area (Å²) in [5.41, 5.74) is 0. The van der Waals surface area contributed by atoms with Gasteiger partial charge in [-0.3, -0.25) is 9.59 Å². The number of carbonyl (C=O) groups excluding carboxylic acids is 2. The molecule has 0 fully saturated rings. The molecule has 3 unspecified atom stereocenters. The maximum Gasteiger partial charge on any atom is 0.306 e. The van der Waals surface area contributed by atoms with Gasteiger partial charge < -0.3 is 20.3 Å². The molecule has 1 amide bonds. The average Bonchev–Trinajstić information content (AvgIpc) is 3.20. The molecule has 0 saturated heterocycles. The van der Waals surface area contributed by atoms with Crippen LogP contribution in [0.1, 0.15) is 252 Å². The number of ether oxygens (including phenoxy) is 1. The zero-order chi connectivity index (χ0) is 41.7. The molecular formula is C51H95NO5. The predicted molar refractivity (Wildman–Crippen MR) is 246 cm³/mol. The summed E-state index contributed by atoms with van der Waals surface area (Å²) < 4.78 is 5.90. The Hall–Kier alpha value is -1.92. The molecule has 3 atom stereocenters. The number of hydrogen-bond acceptors (Lipinski definition) is 5. The van der Waals surface area contributed by atoms with E-state index in [-0.39, 0.29) is 24.9 Å². The zero-order valence-corrected chi connectivity index (χ0v) is 38.0. The first-order valence-electron chi connectivity index (χ1n) is 24.7. The highest BCUT2D eigenvalue weighted by molar-refractivity contribution is 5.77. The Labute approximate surface area is 353 Å². The molecular weight excluding hydrogens is 707 g/mol. The summed E-state index contributed by atoms with van der Waals surface area (Å²) in [6.07, 6.45) is 52.1. The highest BCUT2D eigenvalue weighted by Crippen LogP contribution is 2.18. The van der Waals surface area contributed by atoms with Gasteiger partial charge in [0.25, 0.3) is 0 Å². The van der Waals surface area contributed by atoms with Crippen LogP contribution in [-0.4, -0.2) is 46.9 Å². The summed E-state index contributed by atoms with van der Waals surface area (Å²) in [6, 6.07) is -0.708. The lowest BCUT2D eigenvalue weighted by molar-refractivity contribution is -0.151. The van der Waals surface area contributed by atoms with Gasteiger partial charge in [0.15, 0.2) is 0 Å². The Kier molecular flexibility index (Phi) is 43.6. The van der Waals surface area contributed by atoms with Gasteiger partial charge in [0, 0.05) is 6.42 Å². The molecule has 0 aliphatic rings. The van der Waals surface area contributed by atoms with Gasteiger partial charge in [-0.05, 0) is 44.9 Å². The fourth-order valence-corrected chi connectivity index (χ4v) is 7.55. The smallest absolute Gasteiger partial charge is 0.306 e. The van der Waals surface area contributed by atoms with Crippen LogP contribution >= 0.6 is 0 Å². The molecule has 334 valence electrons. The summed E-state index contributed by atoms with van der Waals surface area (Å²) in [5, 5.41) is 23.7. The average molecular weight is 802 g/mol. The highest BCUT2D eigenvalue weighted by Gasteiger charge is 2.24. The molecule has 6 nitrogen and oxygen atoms in total. The van der Waals surface area contributed by atoms with Crippen LogP contribution in [-0.2, 0) is 14.3 Å². The number of aliphatic hydroxyl groups is 2. The summed E-state index contributed by atoms with van der Waals surface area (Å²) in [5.74, 6) is -0.501. The second kappa shape index (κ2) is 45.2. The molecule has 0 heterocycles. The second-order valence-corrected chi connectivity index (χ2v) is 16.9. The van der Waals surface area contributed by atoms with E-state index in [4.69, 9.17) is 4.74 Å². The molecule has 0 aliphatic carbocycles. The van der Waals surface area contributed by atoms with Crippen molar-refractivity contribution in [3.05, 3.63) is 36.5 Å². The largest absolute Gasteiger partial charge is 0.462 e. The van der Waals surface area contributed by atoms with E-state index in [1.165, 1.54) is 135 Å². The lowest BCUT2D eigenvalue weighted by Gasteiger charge is -2.24. The van der Waals surface area contributed by atoms with Crippen LogP contribution in [0.25, 0.3) is 0 Å². The molecule has 57 heavy (non-hydrogen) atoms. The van der Waals surface area contributed by atoms with Gasteiger partial charge in [-0.25, -0.2) is 0 Å². The van der Waals surface area contributed by atoms with Crippen molar-refractivity contribution in [3.8, 4) is 0 Å². The normalized spacial score (nSPS) is 13.6. The Bertz CT molecular complexity index is 946. The van der Waals surface area contributed by atoms with Gasteiger partial charge in [0.1, 0.15) is 6.10 Å². The molecule has 0 radical (unpaired) electrons. The van der Waals surface area contributed by atoms with Crippen molar-refractivity contribution in [2.45, 2.75) is 270 Å². The van der Waals surface area contributed by atoms with Crippen molar-refractivity contribution in [1.82, 2.24) is 5.32 Å². The van der Waals surface area contributed by atoms with E-state index >= 15 is 0 Å². The van der Waals surface area contributed by atoms with E-state index in [1.807, 2.05) is 12.2 Å². The van der Waals surface area contributed by atoms with Gasteiger partial charge in [-0.15, -0.1) is 0 Å². The number of allylic oxidation sites excluding steroid dienone is 6. The first-order chi connectivity index (χ1) is 28.0. The Balaban J connectivity index is 4.55. The third kappa shape index (κ3) is 40.6. The molecule has 0 saturated carbocycles. The summed E-state index contributed by atoms with van der Waals surface area (Å²) in [7, 11) is 0. The number of nitrogens with one attached hydrogen (secondary N) is 1. The number of unbranched alkanes of at least 4 members (excludes halogenated alkanes) is 28. The van der Waals surface area contributed by atoms with Gasteiger partial charge >= 0.3 is 5.97 Å². The fourth-order valence-electron chi connectivity index (χ4n) is 7.55. The summed E-state index contributed by atoms with van der Waals surface area (Å²) in [6.45, 7) is 6.34. The minimum atomic E-state index is -0.793. The number of hydrogen-bond donors (Lipinski definition) is 3. The molecule has 0 aromatic rings. The second-order valence-electron chi connectivity index (χ2n) is 16.9. The molecule has 0 bridgehead atoms. The number of esters is 1. The van der Waals surface area contributed by atoms with Crippen molar-refractivity contribution in [1.29, 1.82) is 0 Å². The molecule has 0 aromatic carbocycles. The predicted octanol–water partition coefficient (Wildman–Crippen LogP) is 14.5. The van der Waals surface area contributed by atoms with Crippen molar-refractivity contribution in [2.24, 2.45) is 0 Å². The van der Waals surface area contributed by atoms with Crippen molar-refractivity contribution < 1.29 is 24.5 Å². The highest BCUT2D eigenvalue weighted by atomic mass is 16.5. The standard InChI is InChI=1S/C51H95NO5/c1-4-7-10-13-16-19-22-24-26-28-31-34-37-40-43-49(54)48(46-53)52-50(55)45-47(42-39-36-33-30-27-21-18-15-12-9-6-3)57-51(56)44-41-38-35-32-29-25-23-20-17-14-11-8-5-2/h9,12,15,18,21,27,47-49,53-54H,4-8,10-11,13-14,16-17,19-20,22-26,28-46H2,1-3H3,(H,52,55)/b12-9+,18-15+,27-21-. The first kappa shape index (κ1) is 55.1. The fraction of sp³-hybridized carbons (Fsp3) is 0.843. The van der Waals surface area contributed by atoms with Crippen LogP contribution in [0.5, 0.6) is 0 Å². The number of carbonyl (C=O) groups is 2. The van der Waals surface area contributed by atoms with E-state index in [2.05, 4.69) is 50.4 Å². The topological polar surface area (TPSA) is 95.9 Å². The Morgan fingerprint density at radius 1 is 0.526 bits per heavy atom. The molecule has 3 N–H and O–H groups in total. The van der Waals surface area contributed by atoms with Crippen LogP contribution in [0.15, 0.2) is 36.5 Å². The van der Waals surface area contributed by atoms with E-state index in [9.17, 15) is 19.8 Å². The summed E-state index contributed by atoms with van der Waals surface area (Å²) in [4.78, 5) is 26.0. The maximum atomic E-state index is 13.2. The minimum Gasteiger partial charge on any atom is -0.462 e. The Morgan fingerprint density at radius 3 is 1.42 bits per heavy atom. The quantitative estimate of drug-likeness (QED) is 0.0324. The van der Waals surface area contributed by atoms with Crippen LogP contribution in [0.3, 0.4) is 0 Å². The van der Waals surface area contributed by atoms with Gasteiger partial charge in [0.05, 0.1) is 25.2 Å². The SMILES string of the molecule is CC/C=C/C=C/C=C\CCCCCC(CC(=O)NC(CO)C(O)CCCCCCCCCCCCCCCC)OC(=O)CCCCCCCCCCCCCCC. The zero-order valence-electron chi connectivity index (χ0n) is 38.0. The molecule has 0 rings (SSSR count). The Morgan fingerprint density at radius 2 is 0.947 bits per heavy atom. The van der Waals surface area contributed by atoms with Gasteiger partial charge in [-0.1, -0.05) is 231 Å². The number of aliphatic hydroxyl groups excluding tert-OH is 2. The van der Waals surface area contributed by atoms with Crippen LogP contribution < -0.4 is 5.32 Å². The summed E-state index contributed by atoms with van der Waals surface area (Å²) >= 11 is 0. The molecule has 0 spiro atoms. The number of rotatable bonds is 44. The molecule has 0 aromatic heterocycles. The monoisotopic (exact) mass is 802 g/mol. The molecule has 6 heteroatoms. The van der Waals surface area contributed by atoms with Gasteiger partial charge in [0.2, 0.25) is 5.91 Å². The third-order valence-corrected chi connectivity index (χ3v) is 11.3. The lowest BCUT2D eigenvalue weighted by atomic mass is 10.0. The third-order valence-electron chi connectivity index (χ3n) is 11.3. The van der Waals surface area contributed by atoms with Gasteiger partial charge in [-0.2, -0.15) is 0 Å². The lowest BCUT2D eigenvalue weighted by Crippen LogP contribution is -2.46. The number of amides is 1.